The largest absolute Gasteiger partial charge is 0.478 e. The van der Waals surface area contributed by atoms with Crippen molar-refractivity contribution in [2.45, 2.75) is 65.9 Å². The average Bonchev–Trinajstić information content (AvgIpc) is 3.31. The van der Waals surface area contributed by atoms with Crippen LogP contribution in [0.5, 0.6) is 0 Å². The van der Waals surface area contributed by atoms with Gasteiger partial charge in [-0.05, 0) is 36.0 Å². The van der Waals surface area contributed by atoms with Crippen LogP contribution in [0.25, 0.3) is 11.2 Å². The molecule has 0 bridgehead atoms. The molecule has 1 amide bonds. The third kappa shape index (κ3) is 6.20. The summed E-state index contributed by atoms with van der Waals surface area (Å²) in [4.78, 5) is 49.9. The standard InChI is InChI=1S/C28H35N5O5S/c1-27(2,3)18(13-21(35)36)22-23(32-10-7-8-17(34)14-32)30-20-12-16(9-11-33(20)25(22)38)24(37)31-26-29-19(15-39-26)28(4,5)6/h9,11-13,15,17,34H,7-8,10,14H2,1-6H3,(H,35,36)(H,29,31,37)/b18-13-/t17-/m0/s1. The lowest BCUT2D eigenvalue weighted by molar-refractivity contribution is -0.131. The summed E-state index contributed by atoms with van der Waals surface area (Å²) in [6.45, 7) is 12.5. The molecule has 0 unspecified atom stereocenters. The topological polar surface area (TPSA) is 137 Å². The predicted molar refractivity (Wildman–Crippen MR) is 153 cm³/mol. The van der Waals surface area contributed by atoms with Crippen LogP contribution in [0.1, 0.15) is 76.0 Å². The first-order valence-electron chi connectivity index (χ1n) is 12.9. The number of allylic oxidation sites excluding steroid dienone is 1. The van der Waals surface area contributed by atoms with E-state index in [0.717, 1.165) is 11.8 Å². The number of β-amino-alcohol motifs (C(OH)–C–C–N with tert-alkyl or cyclic N) is 1. The number of nitrogens with one attached hydrogen (secondary N) is 1. The van der Waals surface area contributed by atoms with E-state index in [1.54, 1.807) is 0 Å². The number of aliphatic hydroxyl groups excluding tert-OH is 1. The molecule has 3 aromatic rings. The fourth-order valence-electron chi connectivity index (χ4n) is 4.51. The van der Waals surface area contributed by atoms with Crippen molar-refractivity contribution in [2.75, 3.05) is 23.3 Å². The second-order valence-electron chi connectivity index (χ2n) is 11.9. The number of aromatic nitrogens is 3. The molecule has 3 aromatic heterocycles. The highest BCUT2D eigenvalue weighted by molar-refractivity contribution is 7.14. The molecule has 10 nitrogen and oxygen atoms in total. The lowest BCUT2D eigenvalue weighted by atomic mass is 9.82. The molecule has 0 radical (unpaired) electrons. The second-order valence-corrected chi connectivity index (χ2v) is 12.7. The number of thiazole rings is 1. The first-order valence-corrected chi connectivity index (χ1v) is 13.8. The minimum absolute atomic E-state index is 0.148. The van der Waals surface area contributed by atoms with Gasteiger partial charge in [0.15, 0.2) is 5.13 Å². The van der Waals surface area contributed by atoms with Gasteiger partial charge in [-0.2, -0.15) is 0 Å². The highest BCUT2D eigenvalue weighted by atomic mass is 32.1. The van der Waals surface area contributed by atoms with Crippen LogP contribution < -0.4 is 15.8 Å². The number of fused-ring (bicyclic) bond motifs is 1. The molecule has 0 spiro atoms. The van der Waals surface area contributed by atoms with E-state index < -0.39 is 23.0 Å². The molecule has 1 fully saturated rings. The van der Waals surface area contributed by atoms with Crippen LogP contribution in [0.15, 0.2) is 34.6 Å². The average molecular weight is 554 g/mol. The number of hydrogen-bond donors (Lipinski definition) is 3. The van der Waals surface area contributed by atoms with Gasteiger partial charge >= 0.3 is 5.97 Å². The van der Waals surface area contributed by atoms with E-state index in [1.165, 1.54) is 34.1 Å². The van der Waals surface area contributed by atoms with E-state index >= 15 is 0 Å². The number of amides is 1. The van der Waals surface area contributed by atoms with Crippen LogP contribution >= 0.6 is 11.3 Å². The zero-order chi connectivity index (χ0) is 28.7. The van der Waals surface area contributed by atoms with Crippen molar-refractivity contribution >= 4 is 45.4 Å². The highest BCUT2D eigenvalue weighted by Crippen LogP contribution is 2.37. The molecular weight excluding hydrogens is 518 g/mol. The van der Waals surface area contributed by atoms with E-state index in [4.69, 9.17) is 4.98 Å². The van der Waals surface area contributed by atoms with Crippen LogP contribution in [0, 0.1) is 5.41 Å². The van der Waals surface area contributed by atoms with E-state index in [0.29, 0.717) is 41.5 Å². The van der Waals surface area contributed by atoms with E-state index in [2.05, 4.69) is 10.3 Å². The molecule has 0 aromatic carbocycles. The number of piperidine rings is 1. The van der Waals surface area contributed by atoms with E-state index in [9.17, 15) is 24.6 Å². The number of anilines is 2. The van der Waals surface area contributed by atoms with Gasteiger partial charge in [-0.3, -0.25) is 19.3 Å². The Bertz CT molecular complexity index is 1510. The van der Waals surface area contributed by atoms with Crippen molar-refractivity contribution in [3.8, 4) is 0 Å². The number of carboxylic acid groups (broad SMARTS) is 1. The second kappa shape index (κ2) is 10.5. The Balaban J connectivity index is 1.83. The lowest BCUT2D eigenvalue weighted by Gasteiger charge is -2.34. The van der Waals surface area contributed by atoms with Gasteiger partial charge in [0.25, 0.3) is 11.5 Å². The fourth-order valence-corrected chi connectivity index (χ4v) is 5.44. The van der Waals surface area contributed by atoms with E-state index in [-0.39, 0.29) is 29.1 Å². The van der Waals surface area contributed by atoms with Crippen LogP contribution in [0.2, 0.25) is 0 Å². The molecule has 39 heavy (non-hydrogen) atoms. The summed E-state index contributed by atoms with van der Waals surface area (Å²) in [6, 6.07) is 3.05. The monoisotopic (exact) mass is 553 g/mol. The number of carbonyl (C=O) groups is 2. The summed E-state index contributed by atoms with van der Waals surface area (Å²) >= 11 is 1.34. The molecule has 1 aliphatic heterocycles. The first kappa shape index (κ1) is 28.4. The summed E-state index contributed by atoms with van der Waals surface area (Å²) < 4.78 is 1.32. The number of aliphatic carboxylic acids is 1. The van der Waals surface area contributed by atoms with Gasteiger partial charge in [0.05, 0.1) is 17.4 Å². The zero-order valence-electron chi connectivity index (χ0n) is 23.1. The summed E-state index contributed by atoms with van der Waals surface area (Å²) in [6.07, 6.45) is 3.26. The normalized spacial score (nSPS) is 16.9. The molecule has 1 saturated heterocycles. The maximum absolute atomic E-state index is 13.9. The Morgan fingerprint density at radius 1 is 1.18 bits per heavy atom. The number of carbonyl (C=O) groups excluding carboxylic acids is 1. The van der Waals surface area contributed by atoms with Crippen molar-refractivity contribution in [3.05, 3.63) is 57.0 Å². The van der Waals surface area contributed by atoms with Crippen molar-refractivity contribution in [1.29, 1.82) is 0 Å². The molecular formula is C28H35N5O5S. The van der Waals surface area contributed by atoms with Crippen LogP contribution in [-0.2, 0) is 10.2 Å². The number of carboxylic acids is 1. The van der Waals surface area contributed by atoms with Crippen molar-refractivity contribution in [3.63, 3.8) is 0 Å². The van der Waals surface area contributed by atoms with Crippen molar-refractivity contribution in [1.82, 2.24) is 14.4 Å². The van der Waals surface area contributed by atoms with Crippen LogP contribution in [0.4, 0.5) is 10.9 Å². The maximum Gasteiger partial charge on any atom is 0.328 e. The Labute approximate surface area is 231 Å². The number of aliphatic hydroxyl groups is 1. The van der Waals surface area contributed by atoms with Crippen LogP contribution in [-0.4, -0.2) is 55.7 Å². The minimum Gasteiger partial charge on any atom is -0.478 e. The van der Waals surface area contributed by atoms with Gasteiger partial charge in [-0.15, -0.1) is 11.3 Å². The number of pyridine rings is 1. The zero-order valence-corrected chi connectivity index (χ0v) is 23.9. The molecule has 4 heterocycles. The molecule has 4 rings (SSSR count). The molecule has 3 N–H and O–H groups in total. The van der Waals surface area contributed by atoms with Crippen molar-refractivity contribution < 1.29 is 19.8 Å². The minimum atomic E-state index is -1.17. The Kier molecular flexibility index (Phi) is 7.68. The molecule has 208 valence electrons. The third-order valence-corrected chi connectivity index (χ3v) is 7.37. The van der Waals surface area contributed by atoms with Gasteiger partial charge in [-0.1, -0.05) is 41.5 Å². The summed E-state index contributed by atoms with van der Waals surface area (Å²) in [5.74, 6) is -1.26. The molecule has 1 aliphatic rings. The van der Waals surface area contributed by atoms with Crippen LogP contribution in [0.3, 0.4) is 0 Å². The first-order chi connectivity index (χ1) is 18.1. The Hall–Kier alpha value is -3.57. The van der Waals surface area contributed by atoms with Gasteiger partial charge in [0.1, 0.15) is 11.5 Å². The maximum atomic E-state index is 13.9. The summed E-state index contributed by atoms with van der Waals surface area (Å²) in [7, 11) is 0. The van der Waals surface area contributed by atoms with Gasteiger partial charge in [0, 0.05) is 41.7 Å². The quantitative estimate of drug-likeness (QED) is 0.400. The molecule has 0 saturated carbocycles. The molecule has 11 heteroatoms. The summed E-state index contributed by atoms with van der Waals surface area (Å²) in [5.41, 5.74) is 0.635. The van der Waals surface area contributed by atoms with Gasteiger partial charge in [0.2, 0.25) is 0 Å². The Morgan fingerprint density at radius 3 is 2.49 bits per heavy atom. The van der Waals surface area contributed by atoms with E-state index in [1.807, 2.05) is 51.8 Å². The molecule has 0 aliphatic carbocycles. The lowest BCUT2D eigenvalue weighted by Crippen LogP contribution is -2.41. The molecule has 1 atom stereocenters. The smallest absolute Gasteiger partial charge is 0.328 e. The fraction of sp³-hybridized carbons (Fsp3) is 0.464. The number of nitrogens with zero attached hydrogens (tertiary/aromatic N) is 4. The summed E-state index contributed by atoms with van der Waals surface area (Å²) in [5, 5.41) is 25.2. The van der Waals surface area contributed by atoms with Crippen molar-refractivity contribution in [2.24, 2.45) is 5.41 Å². The third-order valence-electron chi connectivity index (χ3n) is 6.61. The SMILES string of the molecule is CC(C)(C)/C(=C\C(=O)O)c1c(N2CCC[C@H](O)C2)nc2cc(C(=O)Nc3nc(C(C)(C)C)cs3)ccn2c1=O. The Morgan fingerprint density at radius 2 is 1.90 bits per heavy atom. The number of hydrogen-bond acceptors (Lipinski definition) is 8. The number of rotatable bonds is 5. The van der Waals surface area contributed by atoms with Gasteiger partial charge < -0.3 is 15.1 Å². The van der Waals surface area contributed by atoms with Gasteiger partial charge in [-0.25, -0.2) is 14.8 Å². The predicted octanol–water partition coefficient (Wildman–Crippen LogP) is 4.18. The highest BCUT2D eigenvalue weighted by Gasteiger charge is 2.31.